The molecule has 1 aliphatic heterocycles. The molecule has 2 aliphatic rings. The minimum Gasteiger partial charge on any atom is -0.301 e. The van der Waals surface area contributed by atoms with Crippen LogP contribution in [0, 0.1) is 6.92 Å². The van der Waals surface area contributed by atoms with Crippen molar-refractivity contribution in [2.75, 3.05) is 13.6 Å². The number of benzene rings is 1. The third-order valence-electron chi connectivity index (χ3n) is 3.80. The molecule has 0 saturated heterocycles. The zero-order chi connectivity index (χ0) is 11.1. The van der Waals surface area contributed by atoms with Gasteiger partial charge >= 0.3 is 0 Å². The zero-order valence-electron chi connectivity index (χ0n) is 10.2. The van der Waals surface area contributed by atoms with Crippen molar-refractivity contribution >= 4 is 6.08 Å². The second-order valence-corrected chi connectivity index (χ2v) is 5.30. The Morgan fingerprint density at radius 1 is 1.31 bits per heavy atom. The van der Waals surface area contributed by atoms with Crippen molar-refractivity contribution in [2.24, 2.45) is 0 Å². The molecule has 1 nitrogen and oxygen atoms in total. The molecule has 0 radical (unpaired) electrons. The first-order valence-corrected chi connectivity index (χ1v) is 6.22. The van der Waals surface area contributed by atoms with Crippen molar-refractivity contribution in [3.8, 4) is 0 Å². The van der Waals surface area contributed by atoms with Gasteiger partial charge in [0.2, 0.25) is 0 Å². The fourth-order valence-corrected chi connectivity index (χ4v) is 3.24. The van der Waals surface area contributed by atoms with E-state index >= 15 is 0 Å². The fourth-order valence-electron chi connectivity index (χ4n) is 3.24. The minimum atomic E-state index is 0.749. The molecule has 0 bridgehead atoms. The van der Waals surface area contributed by atoms with Crippen LogP contribution in [0.25, 0.3) is 6.08 Å². The topological polar surface area (TPSA) is 3.24 Å². The Bertz CT molecular complexity index is 445. The summed E-state index contributed by atoms with van der Waals surface area (Å²) in [7, 11) is 2.24. The highest BCUT2D eigenvalue weighted by molar-refractivity contribution is 5.60. The van der Waals surface area contributed by atoms with Crippen molar-refractivity contribution in [1.29, 1.82) is 0 Å². The van der Waals surface area contributed by atoms with Gasteiger partial charge in [0.25, 0.3) is 0 Å². The molecule has 16 heavy (non-hydrogen) atoms. The highest BCUT2D eigenvalue weighted by Crippen LogP contribution is 2.37. The summed E-state index contributed by atoms with van der Waals surface area (Å²) >= 11 is 0. The SMILES string of the molecule is Cc1cc2c3c(c1)CN(C)CC3CCC=C2. The molecule has 1 aromatic carbocycles. The van der Waals surface area contributed by atoms with Crippen LogP contribution < -0.4 is 0 Å². The van der Waals surface area contributed by atoms with Crippen LogP contribution in [0.4, 0.5) is 0 Å². The Labute approximate surface area is 97.8 Å². The third kappa shape index (κ3) is 1.60. The van der Waals surface area contributed by atoms with Crippen LogP contribution >= 0.6 is 0 Å². The first kappa shape index (κ1) is 10.1. The Kier molecular flexibility index (Phi) is 2.36. The molecule has 1 aromatic rings. The summed E-state index contributed by atoms with van der Waals surface area (Å²) < 4.78 is 0. The summed E-state index contributed by atoms with van der Waals surface area (Å²) in [6, 6.07) is 4.72. The number of nitrogens with zero attached hydrogens (tertiary/aromatic N) is 1. The first-order valence-electron chi connectivity index (χ1n) is 6.22. The fraction of sp³-hybridized carbons (Fsp3) is 0.467. The number of hydrogen-bond acceptors (Lipinski definition) is 1. The van der Waals surface area contributed by atoms with E-state index in [1.165, 1.54) is 30.5 Å². The Morgan fingerprint density at radius 3 is 3.06 bits per heavy atom. The summed E-state index contributed by atoms with van der Waals surface area (Å²) in [5.41, 5.74) is 6.07. The average Bonchev–Trinajstić information content (AvgIpc) is 2.40. The summed E-state index contributed by atoms with van der Waals surface area (Å²) in [6.45, 7) is 4.55. The summed E-state index contributed by atoms with van der Waals surface area (Å²) in [5, 5.41) is 0. The number of likely N-dealkylation sites (N-methyl/N-ethyl adjacent to an activating group) is 1. The molecule has 0 spiro atoms. The maximum absolute atomic E-state index is 2.46. The van der Waals surface area contributed by atoms with E-state index in [1.807, 2.05) is 0 Å². The molecule has 3 rings (SSSR count). The second-order valence-electron chi connectivity index (χ2n) is 5.30. The average molecular weight is 213 g/mol. The van der Waals surface area contributed by atoms with Gasteiger partial charge in [0.15, 0.2) is 0 Å². The molecular formula is C15H19N. The number of allylic oxidation sites excluding steroid dienone is 1. The minimum absolute atomic E-state index is 0.749. The lowest BCUT2D eigenvalue weighted by atomic mass is 9.84. The van der Waals surface area contributed by atoms with E-state index in [1.54, 1.807) is 11.1 Å². The van der Waals surface area contributed by atoms with Crippen LogP contribution in [0.3, 0.4) is 0 Å². The van der Waals surface area contributed by atoms with Crippen LogP contribution in [0.2, 0.25) is 0 Å². The van der Waals surface area contributed by atoms with E-state index in [0.717, 1.165) is 12.5 Å². The van der Waals surface area contributed by atoms with Crippen LogP contribution in [0.5, 0.6) is 0 Å². The number of aryl methyl sites for hydroxylation is 1. The number of hydrogen-bond donors (Lipinski definition) is 0. The predicted molar refractivity (Wildman–Crippen MR) is 68.5 cm³/mol. The molecule has 1 heterocycles. The molecule has 0 fully saturated rings. The molecule has 0 amide bonds. The van der Waals surface area contributed by atoms with E-state index in [0.29, 0.717) is 0 Å². The molecule has 84 valence electrons. The Hall–Kier alpha value is -1.08. The van der Waals surface area contributed by atoms with Gasteiger partial charge < -0.3 is 4.90 Å². The van der Waals surface area contributed by atoms with Gasteiger partial charge in [0, 0.05) is 13.1 Å². The van der Waals surface area contributed by atoms with Crippen molar-refractivity contribution in [1.82, 2.24) is 4.90 Å². The molecule has 0 saturated carbocycles. The lowest BCUT2D eigenvalue weighted by molar-refractivity contribution is 0.275. The third-order valence-corrected chi connectivity index (χ3v) is 3.80. The molecule has 1 aliphatic carbocycles. The quantitative estimate of drug-likeness (QED) is 0.639. The van der Waals surface area contributed by atoms with Crippen molar-refractivity contribution in [3.05, 3.63) is 40.5 Å². The maximum atomic E-state index is 2.46. The van der Waals surface area contributed by atoms with Crippen LogP contribution in [0.15, 0.2) is 18.2 Å². The van der Waals surface area contributed by atoms with E-state index < -0.39 is 0 Å². The first-order chi connectivity index (χ1) is 7.74. The zero-order valence-corrected chi connectivity index (χ0v) is 10.2. The molecule has 0 N–H and O–H groups in total. The highest BCUT2D eigenvalue weighted by Gasteiger charge is 2.26. The predicted octanol–water partition coefficient (Wildman–Crippen LogP) is 3.33. The van der Waals surface area contributed by atoms with Gasteiger partial charge in [-0.1, -0.05) is 29.8 Å². The maximum Gasteiger partial charge on any atom is 0.0234 e. The lowest BCUT2D eigenvalue weighted by Crippen LogP contribution is -2.30. The van der Waals surface area contributed by atoms with Gasteiger partial charge in [-0.25, -0.2) is 0 Å². The van der Waals surface area contributed by atoms with Gasteiger partial charge in [-0.15, -0.1) is 0 Å². The highest BCUT2D eigenvalue weighted by atomic mass is 15.1. The molecule has 1 atom stereocenters. The molecule has 1 heteroatoms. The standard InChI is InChI=1S/C15H19N/c1-11-7-12-5-3-4-6-13-9-16(2)10-14(8-11)15(12)13/h3,5,7-8,13H,4,6,9-10H2,1-2H3. The van der Waals surface area contributed by atoms with Crippen LogP contribution in [-0.4, -0.2) is 18.5 Å². The normalized spacial score (nSPS) is 24.0. The van der Waals surface area contributed by atoms with E-state index in [4.69, 9.17) is 0 Å². The lowest BCUT2D eigenvalue weighted by Gasteiger charge is -2.33. The van der Waals surface area contributed by atoms with Crippen LogP contribution in [0.1, 0.15) is 41.0 Å². The molecular weight excluding hydrogens is 194 g/mol. The second kappa shape index (κ2) is 3.74. The summed E-state index contributed by atoms with van der Waals surface area (Å²) in [6.07, 6.45) is 7.21. The summed E-state index contributed by atoms with van der Waals surface area (Å²) in [5.74, 6) is 0.749. The molecule has 0 aromatic heterocycles. The smallest absolute Gasteiger partial charge is 0.0234 e. The van der Waals surface area contributed by atoms with E-state index in [-0.39, 0.29) is 0 Å². The van der Waals surface area contributed by atoms with Crippen molar-refractivity contribution < 1.29 is 0 Å². The van der Waals surface area contributed by atoms with Crippen molar-refractivity contribution in [2.45, 2.75) is 32.2 Å². The monoisotopic (exact) mass is 213 g/mol. The van der Waals surface area contributed by atoms with Gasteiger partial charge in [0.1, 0.15) is 0 Å². The molecule has 1 unspecified atom stereocenters. The van der Waals surface area contributed by atoms with Gasteiger partial charge in [0.05, 0.1) is 0 Å². The van der Waals surface area contributed by atoms with Gasteiger partial charge in [-0.2, -0.15) is 0 Å². The van der Waals surface area contributed by atoms with E-state index in [9.17, 15) is 0 Å². The van der Waals surface area contributed by atoms with E-state index in [2.05, 4.69) is 43.2 Å². The Balaban J connectivity index is 2.19. The summed E-state index contributed by atoms with van der Waals surface area (Å²) in [4.78, 5) is 2.46. The Morgan fingerprint density at radius 2 is 2.19 bits per heavy atom. The van der Waals surface area contributed by atoms with Crippen LogP contribution in [-0.2, 0) is 6.54 Å². The number of rotatable bonds is 0. The largest absolute Gasteiger partial charge is 0.301 e. The van der Waals surface area contributed by atoms with Gasteiger partial charge in [-0.3, -0.25) is 0 Å². The van der Waals surface area contributed by atoms with Gasteiger partial charge in [-0.05, 0) is 49.4 Å². The van der Waals surface area contributed by atoms with Crippen molar-refractivity contribution in [3.63, 3.8) is 0 Å².